The fourth-order valence-electron chi connectivity index (χ4n) is 1.80. The van der Waals surface area contributed by atoms with Gasteiger partial charge in [-0.15, -0.1) is 0 Å². The Labute approximate surface area is 79.2 Å². The van der Waals surface area contributed by atoms with Gasteiger partial charge in [-0.2, -0.15) is 0 Å². The van der Waals surface area contributed by atoms with Crippen LogP contribution in [-0.4, -0.2) is 0 Å². The summed E-state index contributed by atoms with van der Waals surface area (Å²) < 4.78 is 0. The predicted octanol–water partition coefficient (Wildman–Crippen LogP) is 3.58. The van der Waals surface area contributed by atoms with Crippen molar-refractivity contribution in [3.63, 3.8) is 0 Å². The van der Waals surface area contributed by atoms with Crippen molar-refractivity contribution < 1.29 is 0 Å². The summed E-state index contributed by atoms with van der Waals surface area (Å²) in [5.41, 5.74) is 2.53. The molecule has 0 aliphatic rings. The molecular weight excluding hydrogens is 156 g/mol. The minimum absolute atomic E-state index is 1.06. The molecular formula is C13H13. The molecule has 0 aliphatic heterocycles. The Balaban J connectivity index is 2.84. The van der Waals surface area contributed by atoms with Crippen molar-refractivity contribution >= 4 is 10.8 Å². The zero-order valence-corrected chi connectivity index (χ0v) is 7.88. The van der Waals surface area contributed by atoms with Crippen LogP contribution in [0.1, 0.15) is 18.1 Å². The van der Waals surface area contributed by atoms with Gasteiger partial charge in [0.25, 0.3) is 0 Å². The maximum absolute atomic E-state index is 4.04. The molecule has 0 amide bonds. The molecule has 0 saturated carbocycles. The summed E-state index contributed by atoms with van der Waals surface area (Å²) in [6.07, 6.45) is 1.06. The van der Waals surface area contributed by atoms with Crippen LogP contribution in [0.25, 0.3) is 10.8 Å². The Bertz CT molecular complexity index is 427. The Hall–Kier alpha value is -1.30. The van der Waals surface area contributed by atoms with Gasteiger partial charge < -0.3 is 0 Å². The Morgan fingerprint density at radius 2 is 1.85 bits per heavy atom. The van der Waals surface area contributed by atoms with Gasteiger partial charge in [-0.25, -0.2) is 0 Å². The smallest absolute Gasteiger partial charge is 0.0149 e. The number of hydrogen-bond acceptors (Lipinski definition) is 0. The van der Waals surface area contributed by atoms with Crippen LogP contribution in [0.3, 0.4) is 0 Å². The summed E-state index contributed by atoms with van der Waals surface area (Å²) >= 11 is 0. The van der Waals surface area contributed by atoms with Gasteiger partial charge in [-0.3, -0.25) is 0 Å². The number of aryl methyl sites for hydroxylation is 1. The fourth-order valence-corrected chi connectivity index (χ4v) is 1.80. The highest BCUT2D eigenvalue weighted by Crippen LogP contribution is 2.22. The molecule has 0 heteroatoms. The molecule has 0 aromatic heterocycles. The van der Waals surface area contributed by atoms with E-state index in [1.165, 1.54) is 16.3 Å². The Morgan fingerprint density at radius 1 is 1.08 bits per heavy atom. The summed E-state index contributed by atoms with van der Waals surface area (Å²) in [7, 11) is 0. The molecule has 0 bridgehead atoms. The van der Waals surface area contributed by atoms with Crippen LogP contribution in [0.5, 0.6) is 0 Å². The normalized spacial score (nSPS) is 10.6. The lowest BCUT2D eigenvalue weighted by Crippen LogP contribution is -1.87. The van der Waals surface area contributed by atoms with Crippen LogP contribution >= 0.6 is 0 Å². The molecule has 0 fully saturated rings. The van der Waals surface area contributed by atoms with Gasteiger partial charge in [-0.05, 0) is 35.2 Å². The highest BCUT2D eigenvalue weighted by atomic mass is 14.1. The molecule has 0 N–H and O–H groups in total. The quantitative estimate of drug-likeness (QED) is 0.612. The van der Waals surface area contributed by atoms with Gasteiger partial charge in [0.05, 0.1) is 0 Å². The van der Waals surface area contributed by atoms with Crippen molar-refractivity contribution in [3.8, 4) is 0 Å². The standard InChI is InChI=1S/C13H13/c1-3-12-10(2)8-9-11-6-4-5-7-13(11)12/h4-9H,2-3H2,1H3. The predicted molar refractivity (Wildman–Crippen MR) is 57.8 cm³/mol. The van der Waals surface area contributed by atoms with E-state index in [0.717, 1.165) is 12.0 Å². The SMILES string of the molecule is [CH2]c1ccc2ccccc2c1CC. The van der Waals surface area contributed by atoms with Crippen LogP contribution in [-0.2, 0) is 6.42 Å². The molecule has 2 aromatic carbocycles. The van der Waals surface area contributed by atoms with E-state index in [9.17, 15) is 0 Å². The van der Waals surface area contributed by atoms with Crippen molar-refractivity contribution in [1.29, 1.82) is 0 Å². The average Bonchev–Trinajstić information content (AvgIpc) is 2.18. The zero-order chi connectivity index (χ0) is 9.26. The molecule has 0 atom stereocenters. The first-order valence-corrected chi connectivity index (χ1v) is 4.65. The van der Waals surface area contributed by atoms with Crippen molar-refractivity contribution in [2.75, 3.05) is 0 Å². The Kier molecular flexibility index (Phi) is 2.05. The third-order valence-electron chi connectivity index (χ3n) is 2.49. The zero-order valence-electron chi connectivity index (χ0n) is 7.88. The molecule has 13 heavy (non-hydrogen) atoms. The number of rotatable bonds is 1. The molecule has 0 spiro atoms. The summed E-state index contributed by atoms with van der Waals surface area (Å²) in [5.74, 6) is 0. The second-order valence-corrected chi connectivity index (χ2v) is 3.28. The first kappa shape index (κ1) is 8.31. The summed E-state index contributed by atoms with van der Waals surface area (Å²) in [4.78, 5) is 0. The van der Waals surface area contributed by atoms with E-state index in [4.69, 9.17) is 0 Å². The van der Waals surface area contributed by atoms with E-state index in [1.54, 1.807) is 0 Å². The fraction of sp³-hybridized carbons (Fsp3) is 0.154. The van der Waals surface area contributed by atoms with Gasteiger partial charge in [-0.1, -0.05) is 43.3 Å². The van der Waals surface area contributed by atoms with Crippen LogP contribution in [0.15, 0.2) is 36.4 Å². The minimum Gasteiger partial charge on any atom is -0.0616 e. The van der Waals surface area contributed by atoms with E-state index < -0.39 is 0 Å². The van der Waals surface area contributed by atoms with Crippen LogP contribution in [0, 0.1) is 6.92 Å². The van der Waals surface area contributed by atoms with Crippen molar-refractivity contribution in [2.45, 2.75) is 13.3 Å². The molecule has 1 radical (unpaired) electrons. The third-order valence-corrected chi connectivity index (χ3v) is 2.49. The van der Waals surface area contributed by atoms with Crippen molar-refractivity contribution in [2.24, 2.45) is 0 Å². The van der Waals surface area contributed by atoms with Crippen molar-refractivity contribution in [3.05, 3.63) is 54.4 Å². The van der Waals surface area contributed by atoms with E-state index in [2.05, 4.69) is 50.2 Å². The minimum atomic E-state index is 1.06. The molecule has 0 unspecified atom stereocenters. The van der Waals surface area contributed by atoms with Gasteiger partial charge >= 0.3 is 0 Å². The second kappa shape index (κ2) is 3.21. The first-order chi connectivity index (χ1) is 6.33. The molecule has 0 saturated heterocycles. The second-order valence-electron chi connectivity index (χ2n) is 3.28. The number of benzene rings is 2. The topological polar surface area (TPSA) is 0 Å². The monoisotopic (exact) mass is 169 g/mol. The van der Waals surface area contributed by atoms with Crippen molar-refractivity contribution in [1.82, 2.24) is 0 Å². The summed E-state index contributed by atoms with van der Waals surface area (Å²) in [6, 6.07) is 12.7. The molecule has 2 aromatic rings. The molecule has 0 nitrogen and oxygen atoms in total. The largest absolute Gasteiger partial charge is 0.0616 e. The van der Waals surface area contributed by atoms with Gasteiger partial charge in [0.15, 0.2) is 0 Å². The molecule has 0 aliphatic carbocycles. The summed E-state index contributed by atoms with van der Waals surface area (Å²) in [6.45, 7) is 6.22. The maximum Gasteiger partial charge on any atom is -0.0149 e. The van der Waals surface area contributed by atoms with E-state index in [-0.39, 0.29) is 0 Å². The van der Waals surface area contributed by atoms with Gasteiger partial charge in [0.2, 0.25) is 0 Å². The van der Waals surface area contributed by atoms with Gasteiger partial charge in [0, 0.05) is 0 Å². The van der Waals surface area contributed by atoms with Crippen LogP contribution in [0.2, 0.25) is 0 Å². The first-order valence-electron chi connectivity index (χ1n) is 4.65. The van der Waals surface area contributed by atoms with E-state index in [1.807, 2.05) is 0 Å². The molecule has 65 valence electrons. The highest BCUT2D eigenvalue weighted by molar-refractivity contribution is 5.86. The third kappa shape index (κ3) is 1.33. The lowest BCUT2D eigenvalue weighted by Gasteiger charge is -2.07. The lowest BCUT2D eigenvalue weighted by molar-refractivity contribution is 1.15. The van der Waals surface area contributed by atoms with E-state index in [0.29, 0.717) is 0 Å². The molecule has 0 heterocycles. The highest BCUT2D eigenvalue weighted by Gasteiger charge is 2.00. The van der Waals surface area contributed by atoms with Crippen LogP contribution in [0.4, 0.5) is 0 Å². The number of hydrogen-bond donors (Lipinski definition) is 0. The van der Waals surface area contributed by atoms with Crippen LogP contribution < -0.4 is 0 Å². The average molecular weight is 169 g/mol. The maximum atomic E-state index is 4.04. The van der Waals surface area contributed by atoms with E-state index >= 15 is 0 Å². The molecule has 2 rings (SSSR count). The summed E-state index contributed by atoms with van der Waals surface area (Å²) in [5, 5.41) is 2.66. The number of fused-ring (bicyclic) bond motifs is 1. The Morgan fingerprint density at radius 3 is 2.62 bits per heavy atom. The van der Waals surface area contributed by atoms with Gasteiger partial charge in [0.1, 0.15) is 0 Å². The lowest BCUT2D eigenvalue weighted by atomic mass is 9.98.